The van der Waals surface area contributed by atoms with E-state index in [0.29, 0.717) is 0 Å². The fraction of sp³-hybridized carbons (Fsp3) is 0.0455. The first-order chi connectivity index (χ1) is 21.7. The number of hydrogen-bond acceptors (Lipinski definition) is 0. The lowest BCUT2D eigenvalue weighted by Gasteiger charge is -2.21. The number of aryl methyl sites for hydroxylation is 2. The lowest BCUT2D eigenvalue weighted by Crippen LogP contribution is -1.94. The number of hydrogen-bond donors (Lipinski definition) is 0. The van der Waals surface area contributed by atoms with Crippen LogP contribution < -0.4 is 0 Å². The number of fused-ring (bicyclic) bond motifs is 3. The molecular formula is C44H32. The normalized spacial score (nSPS) is 11.4. The third-order valence-electron chi connectivity index (χ3n) is 8.94. The Bertz CT molecular complexity index is 2260. The van der Waals surface area contributed by atoms with Crippen LogP contribution in [0.3, 0.4) is 0 Å². The van der Waals surface area contributed by atoms with Gasteiger partial charge in [-0.2, -0.15) is 0 Å². The lowest BCUT2D eigenvalue weighted by atomic mass is 9.82. The van der Waals surface area contributed by atoms with Crippen LogP contribution in [0.2, 0.25) is 0 Å². The summed E-state index contributed by atoms with van der Waals surface area (Å²) in [7, 11) is 0. The predicted octanol–water partition coefficient (Wildman–Crippen LogP) is 12.4. The van der Waals surface area contributed by atoms with E-state index in [-0.39, 0.29) is 0 Å². The van der Waals surface area contributed by atoms with Gasteiger partial charge in [0.05, 0.1) is 0 Å². The molecule has 44 heavy (non-hydrogen) atoms. The standard InChI is InChI=1S/C44H32/c1-29-26-30(2)28-32(27-29)34-24-25-42(36-18-8-7-17-35(34)36)44-40-22-12-10-20-38(40)43(39-21-11-13-23-41(39)44)37-19-9-6-16-33(37)31-14-4-3-5-15-31/h3-28H,1-2H3. The molecular weight excluding hydrogens is 528 g/mol. The SMILES string of the molecule is Cc1cc(C)cc(-c2ccc(-c3c4ccccc4c(-c4ccccc4-c4ccccc4)c4ccccc34)c3ccccc23)c1. The molecule has 8 aromatic carbocycles. The second-order valence-corrected chi connectivity index (χ2v) is 11.8. The summed E-state index contributed by atoms with van der Waals surface area (Å²) < 4.78 is 0. The van der Waals surface area contributed by atoms with E-state index in [4.69, 9.17) is 0 Å². The van der Waals surface area contributed by atoms with Gasteiger partial charge in [-0.25, -0.2) is 0 Å². The van der Waals surface area contributed by atoms with Crippen molar-refractivity contribution in [2.75, 3.05) is 0 Å². The average Bonchev–Trinajstić information content (AvgIpc) is 3.07. The topological polar surface area (TPSA) is 0 Å². The zero-order chi connectivity index (χ0) is 29.6. The summed E-state index contributed by atoms with van der Waals surface area (Å²) in [5, 5.41) is 7.64. The minimum atomic E-state index is 1.23. The highest BCUT2D eigenvalue weighted by atomic mass is 14.2. The molecule has 0 fully saturated rings. The molecule has 0 aromatic heterocycles. The van der Waals surface area contributed by atoms with Crippen molar-refractivity contribution in [2.24, 2.45) is 0 Å². The maximum Gasteiger partial charge on any atom is -0.00201 e. The van der Waals surface area contributed by atoms with Gasteiger partial charge in [0.15, 0.2) is 0 Å². The van der Waals surface area contributed by atoms with Crippen LogP contribution in [0, 0.1) is 13.8 Å². The second kappa shape index (κ2) is 10.7. The number of rotatable bonds is 4. The highest BCUT2D eigenvalue weighted by molar-refractivity contribution is 6.24. The van der Waals surface area contributed by atoms with E-state index >= 15 is 0 Å². The molecule has 0 unspecified atom stereocenters. The zero-order valence-electron chi connectivity index (χ0n) is 25.0. The number of benzene rings is 8. The summed E-state index contributed by atoms with van der Waals surface area (Å²) in [6.07, 6.45) is 0. The van der Waals surface area contributed by atoms with Crippen molar-refractivity contribution < 1.29 is 0 Å². The van der Waals surface area contributed by atoms with Crippen LogP contribution in [-0.2, 0) is 0 Å². The molecule has 0 bridgehead atoms. The molecule has 0 radical (unpaired) electrons. The summed E-state index contributed by atoms with van der Waals surface area (Å²) in [5.74, 6) is 0. The fourth-order valence-electron chi connectivity index (χ4n) is 7.18. The molecule has 0 nitrogen and oxygen atoms in total. The predicted molar refractivity (Wildman–Crippen MR) is 190 cm³/mol. The monoisotopic (exact) mass is 560 g/mol. The van der Waals surface area contributed by atoms with Crippen LogP contribution in [0.5, 0.6) is 0 Å². The molecule has 0 spiro atoms. The summed E-state index contributed by atoms with van der Waals surface area (Å²) in [6, 6.07) is 58.0. The molecule has 0 N–H and O–H groups in total. The van der Waals surface area contributed by atoms with Crippen molar-refractivity contribution in [1.29, 1.82) is 0 Å². The summed E-state index contributed by atoms with van der Waals surface area (Å²) in [4.78, 5) is 0. The minimum absolute atomic E-state index is 1.23. The van der Waals surface area contributed by atoms with Gasteiger partial charge in [0.1, 0.15) is 0 Å². The maximum atomic E-state index is 2.35. The van der Waals surface area contributed by atoms with Crippen molar-refractivity contribution >= 4 is 32.3 Å². The van der Waals surface area contributed by atoms with E-state index in [1.165, 1.54) is 88.0 Å². The molecule has 208 valence electrons. The van der Waals surface area contributed by atoms with Crippen LogP contribution in [0.25, 0.3) is 76.8 Å². The Hall–Kier alpha value is -5.46. The third kappa shape index (κ3) is 4.31. The maximum absolute atomic E-state index is 2.35. The molecule has 0 heteroatoms. The minimum Gasteiger partial charge on any atom is -0.0622 e. The molecule has 0 heterocycles. The van der Waals surface area contributed by atoms with Crippen LogP contribution >= 0.6 is 0 Å². The van der Waals surface area contributed by atoms with Gasteiger partial charge in [-0.05, 0) is 90.7 Å². The Labute approximate surface area is 258 Å². The van der Waals surface area contributed by atoms with Gasteiger partial charge in [-0.15, -0.1) is 0 Å². The first kappa shape index (κ1) is 26.2. The van der Waals surface area contributed by atoms with Crippen molar-refractivity contribution in [1.82, 2.24) is 0 Å². The molecule has 0 aliphatic heterocycles. The van der Waals surface area contributed by atoms with E-state index in [1.54, 1.807) is 0 Å². The van der Waals surface area contributed by atoms with E-state index in [9.17, 15) is 0 Å². The van der Waals surface area contributed by atoms with Crippen LogP contribution in [0.1, 0.15) is 11.1 Å². The third-order valence-corrected chi connectivity index (χ3v) is 8.94. The van der Waals surface area contributed by atoms with Gasteiger partial charge in [0.25, 0.3) is 0 Å². The van der Waals surface area contributed by atoms with Crippen molar-refractivity contribution in [3.8, 4) is 44.5 Å². The fourth-order valence-corrected chi connectivity index (χ4v) is 7.18. The first-order valence-corrected chi connectivity index (χ1v) is 15.4. The Morgan fingerprint density at radius 3 is 1.25 bits per heavy atom. The van der Waals surface area contributed by atoms with Crippen molar-refractivity contribution in [3.63, 3.8) is 0 Å². The van der Waals surface area contributed by atoms with Crippen LogP contribution in [0.4, 0.5) is 0 Å². The van der Waals surface area contributed by atoms with Crippen molar-refractivity contribution in [3.05, 3.63) is 169 Å². The van der Waals surface area contributed by atoms with Gasteiger partial charge in [-0.3, -0.25) is 0 Å². The average molecular weight is 561 g/mol. The highest BCUT2D eigenvalue weighted by Gasteiger charge is 2.20. The van der Waals surface area contributed by atoms with E-state index in [1.807, 2.05) is 0 Å². The van der Waals surface area contributed by atoms with Crippen LogP contribution in [-0.4, -0.2) is 0 Å². The Morgan fingerprint density at radius 2 is 0.682 bits per heavy atom. The Morgan fingerprint density at radius 1 is 0.273 bits per heavy atom. The summed E-state index contributed by atoms with van der Waals surface area (Å²) in [5.41, 5.74) is 12.7. The highest BCUT2D eigenvalue weighted by Crippen LogP contribution is 2.48. The van der Waals surface area contributed by atoms with Gasteiger partial charge in [0.2, 0.25) is 0 Å². The first-order valence-electron chi connectivity index (χ1n) is 15.4. The molecule has 0 atom stereocenters. The molecule has 8 aromatic rings. The van der Waals surface area contributed by atoms with Gasteiger partial charge < -0.3 is 0 Å². The Kier molecular flexibility index (Phi) is 6.35. The molecule has 0 aliphatic rings. The van der Waals surface area contributed by atoms with Crippen LogP contribution in [0.15, 0.2) is 158 Å². The quantitative estimate of drug-likeness (QED) is 0.188. The van der Waals surface area contributed by atoms with Gasteiger partial charge in [0, 0.05) is 0 Å². The molecule has 8 rings (SSSR count). The van der Waals surface area contributed by atoms with Gasteiger partial charge >= 0.3 is 0 Å². The smallest absolute Gasteiger partial charge is 0.00201 e. The van der Waals surface area contributed by atoms with Gasteiger partial charge in [-0.1, -0.05) is 169 Å². The Balaban J connectivity index is 1.47. The molecule has 0 aliphatic carbocycles. The second-order valence-electron chi connectivity index (χ2n) is 11.8. The van der Waals surface area contributed by atoms with E-state index < -0.39 is 0 Å². The van der Waals surface area contributed by atoms with E-state index in [2.05, 4.69) is 172 Å². The summed E-state index contributed by atoms with van der Waals surface area (Å²) >= 11 is 0. The lowest BCUT2D eigenvalue weighted by molar-refractivity contribution is 1.39. The largest absolute Gasteiger partial charge is 0.0622 e. The molecule has 0 saturated heterocycles. The van der Waals surface area contributed by atoms with Crippen molar-refractivity contribution in [2.45, 2.75) is 13.8 Å². The van der Waals surface area contributed by atoms with E-state index in [0.717, 1.165) is 0 Å². The zero-order valence-corrected chi connectivity index (χ0v) is 25.0. The summed E-state index contributed by atoms with van der Waals surface area (Å²) in [6.45, 7) is 4.37. The molecule has 0 amide bonds. The molecule has 0 saturated carbocycles.